The van der Waals surface area contributed by atoms with Crippen molar-refractivity contribution in [3.05, 3.63) is 48.0 Å². The lowest BCUT2D eigenvalue weighted by Gasteiger charge is -2.33. The number of carbonyl (C=O) groups is 2. The number of ether oxygens (including phenoxy) is 2. The quantitative estimate of drug-likeness (QED) is 0.673. The Labute approximate surface area is 190 Å². The van der Waals surface area contributed by atoms with E-state index < -0.39 is 30.5 Å². The first-order valence-corrected chi connectivity index (χ1v) is 10.4. The molecule has 0 saturated carbocycles. The average Bonchev–Trinajstić information content (AvgIpc) is 2.90. The number of para-hydroxylation sites is 2. The molecule has 1 heterocycles. The number of anilines is 2. The number of rotatable bonds is 7. The highest BCUT2D eigenvalue weighted by molar-refractivity contribution is 6.05. The second-order valence-corrected chi connectivity index (χ2v) is 7.68. The van der Waals surface area contributed by atoms with E-state index in [-0.39, 0.29) is 24.5 Å². The summed E-state index contributed by atoms with van der Waals surface area (Å²) in [4.78, 5) is 27.5. The summed E-state index contributed by atoms with van der Waals surface area (Å²) < 4.78 is 52.4. The highest BCUT2D eigenvalue weighted by Crippen LogP contribution is 2.37. The van der Waals surface area contributed by atoms with E-state index in [1.807, 2.05) is 6.92 Å². The Morgan fingerprint density at radius 2 is 1.94 bits per heavy atom. The molecular formula is C23H26F3N3O4. The first kappa shape index (κ1) is 24.4. The summed E-state index contributed by atoms with van der Waals surface area (Å²) in [6.45, 7) is 2.33. The Morgan fingerprint density at radius 3 is 2.61 bits per heavy atom. The normalized spacial score (nSPS) is 16.2. The van der Waals surface area contributed by atoms with E-state index in [1.54, 1.807) is 36.2 Å². The van der Waals surface area contributed by atoms with Crippen LogP contribution in [-0.4, -0.2) is 56.2 Å². The van der Waals surface area contributed by atoms with Crippen molar-refractivity contribution in [1.29, 1.82) is 0 Å². The molecule has 0 fully saturated rings. The van der Waals surface area contributed by atoms with Crippen LogP contribution in [0.25, 0.3) is 0 Å². The minimum atomic E-state index is -4.77. The van der Waals surface area contributed by atoms with Crippen LogP contribution < -0.4 is 19.7 Å². The van der Waals surface area contributed by atoms with E-state index in [2.05, 4.69) is 5.32 Å². The standard InChI is InChI=1S/C23H26F3N3O4/c1-4-33-18-10-9-15(11-19(18)32-3)13-28(2)14-22(31)29-17-8-6-5-7-16(17)27-21(30)12-20(29)23(24,25)26/h5-11,20H,4,12-14H2,1-3H3,(H,27,30)/t20-/m0/s1. The molecule has 33 heavy (non-hydrogen) atoms. The van der Waals surface area contributed by atoms with E-state index >= 15 is 0 Å². The van der Waals surface area contributed by atoms with Gasteiger partial charge in [-0.2, -0.15) is 13.2 Å². The van der Waals surface area contributed by atoms with Gasteiger partial charge >= 0.3 is 6.18 Å². The third-order valence-electron chi connectivity index (χ3n) is 5.16. The summed E-state index contributed by atoms with van der Waals surface area (Å²) in [6, 6.07) is 9.03. The zero-order valence-electron chi connectivity index (χ0n) is 18.6. The Morgan fingerprint density at radius 1 is 1.21 bits per heavy atom. The number of hydrogen-bond acceptors (Lipinski definition) is 5. The van der Waals surface area contributed by atoms with Crippen LogP contribution in [-0.2, 0) is 16.1 Å². The van der Waals surface area contributed by atoms with Crippen molar-refractivity contribution in [2.75, 3.05) is 37.5 Å². The van der Waals surface area contributed by atoms with Gasteiger partial charge in [0.05, 0.1) is 38.1 Å². The number of amides is 2. The number of nitrogens with zero attached hydrogens (tertiary/aromatic N) is 2. The minimum Gasteiger partial charge on any atom is -0.493 e. The van der Waals surface area contributed by atoms with E-state index in [9.17, 15) is 22.8 Å². The van der Waals surface area contributed by atoms with E-state index in [0.717, 1.165) is 5.56 Å². The summed E-state index contributed by atoms with van der Waals surface area (Å²) in [7, 11) is 3.15. The van der Waals surface area contributed by atoms with Gasteiger partial charge in [-0.1, -0.05) is 18.2 Å². The van der Waals surface area contributed by atoms with Crippen LogP contribution in [0.4, 0.5) is 24.5 Å². The fourth-order valence-corrected chi connectivity index (χ4v) is 3.76. The summed E-state index contributed by atoms with van der Waals surface area (Å²) in [5.41, 5.74) is 0.986. The van der Waals surface area contributed by atoms with Gasteiger partial charge in [0.1, 0.15) is 6.04 Å². The number of likely N-dealkylation sites (N-methyl/N-ethyl adjacent to an activating group) is 1. The summed E-state index contributed by atoms with van der Waals surface area (Å²) in [5, 5.41) is 2.46. The summed E-state index contributed by atoms with van der Waals surface area (Å²) >= 11 is 0. The SMILES string of the molecule is CCOc1ccc(CN(C)CC(=O)N2c3ccccc3NC(=O)C[C@H]2C(F)(F)F)cc1OC. The third-order valence-corrected chi connectivity index (χ3v) is 5.16. The number of halogens is 3. The molecule has 0 aromatic heterocycles. The van der Waals surface area contributed by atoms with Gasteiger partial charge in [0, 0.05) is 6.54 Å². The topological polar surface area (TPSA) is 71.1 Å². The Hall–Kier alpha value is -3.27. The predicted octanol–water partition coefficient (Wildman–Crippen LogP) is 3.83. The van der Waals surface area contributed by atoms with Crippen molar-refractivity contribution >= 4 is 23.2 Å². The molecular weight excluding hydrogens is 439 g/mol. The van der Waals surface area contributed by atoms with Crippen LogP contribution in [0.2, 0.25) is 0 Å². The molecule has 2 aromatic carbocycles. The molecule has 2 aromatic rings. The van der Waals surface area contributed by atoms with Crippen molar-refractivity contribution in [2.24, 2.45) is 0 Å². The number of carbonyl (C=O) groups excluding carboxylic acids is 2. The molecule has 0 spiro atoms. The number of hydrogen-bond donors (Lipinski definition) is 1. The summed E-state index contributed by atoms with van der Waals surface area (Å²) in [5.74, 6) is -0.456. The van der Waals surface area contributed by atoms with Gasteiger partial charge in [0.15, 0.2) is 11.5 Å². The minimum absolute atomic E-state index is 0.0202. The van der Waals surface area contributed by atoms with Crippen LogP contribution in [0.15, 0.2) is 42.5 Å². The molecule has 7 nitrogen and oxygen atoms in total. The lowest BCUT2D eigenvalue weighted by atomic mass is 10.1. The van der Waals surface area contributed by atoms with E-state index in [1.165, 1.54) is 25.3 Å². The molecule has 1 N–H and O–H groups in total. The molecule has 10 heteroatoms. The van der Waals surface area contributed by atoms with E-state index in [4.69, 9.17) is 9.47 Å². The molecule has 178 valence electrons. The van der Waals surface area contributed by atoms with Gasteiger partial charge in [-0.25, -0.2) is 0 Å². The lowest BCUT2D eigenvalue weighted by Crippen LogP contribution is -2.52. The highest BCUT2D eigenvalue weighted by atomic mass is 19.4. The molecule has 1 aliphatic heterocycles. The monoisotopic (exact) mass is 465 g/mol. The van der Waals surface area contributed by atoms with Gasteiger partial charge < -0.3 is 14.8 Å². The van der Waals surface area contributed by atoms with Gasteiger partial charge in [-0.05, 0) is 43.8 Å². The molecule has 3 rings (SSSR count). The summed E-state index contributed by atoms with van der Waals surface area (Å²) in [6.07, 6.45) is -5.64. The number of benzene rings is 2. The van der Waals surface area contributed by atoms with Gasteiger partial charge in [0.2, 0.25) is 11.8 Å². The van der Waals surface area contributed by atoms with Crippen molar-refractivity contribution < 1.29 is 32.2 Å². The predicted molar refractivity (Wildman–Crippen MR) is 118 cm³/mol. The molecule has 0 aliphatic carbocycles. The van der Waals surface area contributed by atoms with Crippen LogP contribution in [0.3, 0.4) is 0 Å². The van der Waals surface area contributed by atoms with Gasteiger partial charge in [0.25, 0.3) is 0 Å². The highest BCUT2D eigenvalue weighted by Gasteiger charge is 2.49. The Bertz CT molecular complexity index is 1010. The zero-order chi connectivity index (χ0) is 24.2. The number of methoxy groups -OCH3 is 1. The molecule has 2 amide bonds. The van der Waals surface area contributed by atoms with E-state index in [0.29, 0.717) is 23.0 Å². The van der Waals surface area contributed by atoms with Crippen LogP contribution in [0.1, 0.15) is 18.9 Å². The van der Waals surface area contributed by atoms with Crippen LogP contribution in [0, 0.1) is 0 Å². The second-order valence-electron chi connectivity index (χ2n) is 7.68. The number of fused-ring (bicyclic) bond motifs is 1. The Balaban J connectivity index is 1.83. The third kappa shape index (κ3) is 5.75. The van der Waals surface area contributed by atoms with Crippen LogP contribution in [0.5, 0.6) is 11.5 Å². The largest absolute Gasteiger partial charge is 0.493 e. The molecule has 1 aliphatic rings. The first-order chi connectivity index (χ1) is 15.6. The van der Waals surface area contributed by atoms with Crippen LogP contribution >= 0.6 is 0 Å². The number of alkyl halides is 3. The molecule has 0 unspecified atom stereocenters. The Kier molecular flexibility index (Phi) is 7.47. The van der Waals surface area contributed by atoms with Crippen molar-refractivity contribution in [3.63, 3.8) is 0 Å². The van der Waals surface area contributed by atoms with Crippen molar-refractivity contribution in [3.8, 4) is 11.5 Å². The van der Waals surface area contributed by atoms with Crippen molar-refractivity contribution in [2.45, 2.75) is 32.1 Å². The smallest absolute Gasteiger partial charge is 0.409 e. The zero-order valence-corrected chi connectivity index (χ0v) is 18.6. The fraction of sp³-hybridized carbons (Fsp3) is 0.391. The maximum atomic E-state index is 13.9. The first-order valence-electron chi connectivity index (χ1n) is 10.4. The lowest BCUT2D eigenvalue weighted by molar-refractivity contribution is -0.158. The molecule has 0 saturated heterocycles. The molecule has 1 atom stereocenters. The molecule has 0 bridgehead atoms. The second kappa shape index (κ2) is 10.1. The average molecular weight is 465 g/mol. The van der Waals surface area contributed by atoms with Crippen molar-refractivity contribution in [1.82, 2.24) is 4.90 Å². The maximum Gasteiger partial charge on any atom is 0.409 e. The van der Waals surface area contributed by atoms with Gasteiger partial charge in [-0.3, -0.25) is 19.4 Å². The maximum absolute atomic E-state index is 13.9. The fourth-order valence-electron chi connectivity index (χ4n) is 3.76. The van der Waals surface area contributed by atoms with Gasteiger partial charge in [-0.15, -0.1) is 0 Å². The number of nitrogens with one attached hydrogen (secondary N) is 1. The molecule has 0 radical (unpaired) electrons.